The lowest BCUT2D eigenvalue weighted by Gasteiger charge is -2.61. The van der Waals surface area contributed by atoms with Crippen molar-refractivity contribution in [2.75, 3.05) is 44.3 Å². The van der Waals surface area contributed by atoms with Crippen molar-refractivity contribution in [3.05, 3.63) is 35.7 Å². The smallest absolute Gasteiger partial charge is 0.103 e. The number of hydrogen-bond acceptors (Lipinski definition) is 6. The summed E-state index contributed by atoms with van der Waals surface area (Å²) in [6.07, 6.45) is 9.74. The van der Waals surface area contributed by atoms with Crippen LogP contribution in [0.1, 0.15) is 26.2 Å². The monoisotopic (exact) mass is 477 g/mol. The number of piperazine rings is 1. The Morgan fingerprint density at radius 1 is 1.12 bits per heavy atom. The molecule has 2 atom stereocenters. The van der Waals surface area contributed by atoms with Gasteiger partial charge in [0.25, 0.3) is 0 Å². The minimum absolute atomic E-state index is 0.0837. The highest BCUT2D eigenvalue weighted by Crippen LogP contribution is 2.62. The highest BCUT2D eigenvalue weighted by atomic mass is 35.5. The fraction of sp³-hybridized carbons (Fsp3) is 0.560. The minimum Gasteiger partial charge on any atom is -0.378 e. The third-order valence-electron chi connectivity index (χ3n) is 8.87. The first-order valence-electron chi connectivity index (χ1n) is 12.2. The molecule has 8 nitrogen and oxygen atoms in total. The molecule has 2 bridgehead atoms. The Morgan fingerprint density at radius 3 is 2.62 bits per heavy atom. The zero-order chi connectivity index (χ0) is 23.1. The van der Waals surface area contributed by atoms with Gasteiger partial charge in [0.15, 0.2) is 0 Å². The van der Waals surface area contributed by atoms with Gasteiger partial charge in [0.05, 0.1) is 71.1 Å². The van der Waals surface area contributed by atoms with Gasteiger partial charge in [-0.3, -0.25) is 9.58 Å². The van der Waals surface area contributed by atoms with Gasteiger partial charge >= 0.3 is 0 Å². The molecular formula is C25H28ClN7O. The summed E-state index contributed by atoms with van der Waals surface area (Å²) in [5.41, 5.74) is 3.13. The van der Waals surface area contributed by atoms with E-state index >= 15 is 0 Å². The van der Waals surface area contributed by atoms with E-state index in [1.54, 1.807) is 0 Å². The van der Waals surface area contributed by atoms with Crippen LogP contribution in [-0.4, -0.2) is 69.4 Å². The molecule has 1 aromatic carbocycles. The summed E-state index contributed by atoms with van der Waals surface area (Å²) in [5.74, 6) is 0.831. The van der Waals surface area contributed by atoms with Crippen LogP contribution in [0.4, 0.5) is 5.69 Å². The van der Waals surface area contributed by atoms with E-state index in [0.29, 0.717) is 13.2 Å². The molecule has 3 aromatic rings. The Hall–Kier alpha value is -2.60. The van der Waals surface area contributed by atoms with Crippen molar-refractivity contribution < 1.29 is 4.74 Å². The lowest BCUT2D eigenvalue weighted by Crippen LogP contribution is -2.59. The molecule has 9 heteroatoms. The molecule has 0 spiro atoms. The van der Waals surface area contributed by atoms with Gasteiger partial charge in [0.2, 0.25) is 0 Å². The normalized spacial score (nSPS) is 33.0. The topological polar surface area (TPSA) is 75.1 Å². The van der Waals surface area contributed by atoms with Crippen molar-refractivity contribution >= 4 is 28.2 Å². The molecule has 5 fully saturated rings. The van der Waals surface area contributed by atoms with Gasteiger partial charge in [0.1, 0.15) is 5.69 Å². The molecule has 0 amide bonds. The van der Waals surface area contributed by atoms with Crippen LogP contribution < -0.4 is 4.90 Å². The zero-order valence-electron chi connectivity index (χ0n) is 19.3. The first-order valence-corrected chi connectivity index (χ1v) is 12.6. The largest absolute Gasteiger partial charge is 0.378 e. The highest BCUT2D eigenvalue weighted by molar-refractivity contribution is 6.34. The second kappa shape index (κ2) is 7.20. The molecule has 4 heterocycles. The summed E-state index contributed by atoms with van der Waals surface area (Å²) in [4.78, 5) is 4.77. The number of halogens is 1. The summed E-state index contributed by atoms with van der Waals surface area (Å²) in [5, 5.41) is 20.7. The Bertz CT molecular complexity index is 1300. The van der Waals surface area contributed by atoms with Crippen molar-refractivity contribution in [1.82, 2.24) is 24.5 Å². The van der Waals surface area contributed by atoms with Crippen LogP contribution in [0.25, 0.3) is 16.6 Å². The van der Waals surface area contributed by atoms with Crippen LogP contribution in [0.3, 0.4) is 0 Å². The molecule has 5 aliphatic rings. The first-order chi connectivity index (χ1) is 16.5. The lowest BCUT2D eigenvalue weighted by molar-refractivity contribution is -0.0977. The second-order valence-corrected chi connectivity index (χ2v) is 11.2. The van der Waals surface area contributed by atoms with Crippen molar-refractivity contribution in [2.45, 2.75) is 37.3 Å². The maximum absolute atomic E-state index is 9.57. The summed E-state index contributed by atoms with van der Waals surface area (Å²) in [7, 11) is 0. The average Bonchev–Trinajstić information content (AvgIpc) is 3.50. The van der Waals surface area contributed by atoms with Gasteiger partial charge in [-0.25, -0.2) is 4.68 Å². The van der Waals surface area contributed by atoms with E-state index in [-0.39, 0.29) is 17.0 Å². The van der Waals surface area contributed by atoms with E-state index in [9.17, 15) is 5.26 Å². The zero-order valence-corrected chi connectivity index (χ0v) is 20.1. The van der Waals surface area contributed by atoms with Gasteiger partial charge < -0.3 is 9.64 Å². The molecule has 2 aromatic heterocycles. The molecule has 3 saturated carbocycles. The Balaban J connectivity index is 1.15. The quantitative estimate of drug-likeness (QED) is 0.573. The van der Waals surface area contributed by atoms with Gasteiger partial charge in [-0.2, -0.15) is 15.5 Å². The average molecular weight is 478 g/mol. The van der Waals surface area contributed by atoms with Crippen LogP contribution in [0.2, 0.25) is 5.02 Å². The Labute approximate surface area is 203 Å². The van der Waals surface area contributed by atoms with Crippen molar-refractivity contribution in [3.8, 4) is 11.8 Å². The summed E-state index contributed by atoms with van der Waals surface area (Å²) in [6.45, 7) is 6.77. The molecule has 0 N–H and O–H groups in total. The van der Waals surface area contributed by atoms with E-state index in [4.69, 9.17) is 16.3 Å². The molecule has 0 radical (unpaired) electrons. The van der Waals surface area contributed by atoms with Gasteiger partial charge in [-0.1, -0.05) is 11.6 Å². The van der Waals surface area contributed by atoms with E-state index in [1.165, 1.54) is 19.3 Å². The van der Waals surface area contributed by atoms with Crippen LogP contribution >= 0.6 is 11.6 Å². The van der Waals surface area contributed by atoms with Gasteiger partial charge in [-0.05, 0) is 44.2 Å². The minimum atomic E-state index is -0.215. The maximum atomic E-state index is 9.57. The number of aromatic nitrogens is 4. The highest BCUT2D eigenvalue weighted by Gasteiger charge is 2.58. The number of nitrogens with zero attached hydrogens (tertiary/aromatic N) is 7. The van der Waals surface area contributed by atoms with E-state index in [0.717, 1.165) is 59.4 Å². The van der Waals surface area contributed by atoms with Crippen LogP contribution in [-0.2, 0) is 10.3 Å². The number of benzene rings is 1. The van der Waals surface area contributed by atoms with E-state index < -0.39 is 0 Å². The van der Waals surface area contributed by atoms with E-state index in [2.05, 4.69) is 49.9 Å². The van der Waals surface area contributed by atoms with E-state index in [1.807, 2.05) is 23.1 Å². The number of rotatable bonds is 4. The molecule has 2 aliphatic heterocycles. The number of fused-ring (bicyclic) bond motifs is 1. The number of ether oxygens (including phenoxy) is 1. The Morgan fingerprint density at radius 2 is 1.91 bits per heavy atom. The first kappa shape index (κ1) is 20.7. The van der Waals surface area contributed by atoms with Crippen molar-refractivity contribution in [2.24, 2.45) is 11.8 Å². The van der Waals surface area contributed by atoms with Crippen LogP contribution in [0, 0.1) is 23.2 Å². The lowest BCUT2D eigenvalue weighted by atomic mass is 9.50. The number of hydrogen-bond donors (Lipinski definition) is 0. The number of anilines is 1. The van der Waals surface area contributed by atoms with Crippen LogP contribution in [0.15, 0.2) is 30.7 Å². The third kappa shape index (κ3) is 2.84. The second-order valence-electron chi connectivity index (χ2n) is 10.8. The SMILES string of the molecule is C[C@]1(N2CCN(c3cc4c(cnn4-c4cnn(C56CC(C5)C6)c4)cc3Cl)CC2)COC[C@H]1C#N. The van der Waals surface area contributed by atoms with Gasteiger partial charge in [-0.15, -0.1) is 0 Å². The maximum Gasteiger partial charge on any atom is 0.103 e. The molecule has 34 heavy (non-hydrogen) atoms. The van der Waals surface area contributed by atoms with Crippen molar-refractivity contribution in [1.29, 1.82) is 5.26 Å². The van der Waals surface area contributed by atoms with Crippen LogP contribution in [0.5, 0.6) is 0 Å². The molecule has 2 saturated heterocycles. The fourth-order valence-electron chi connectivity index (χ4n) is 6.49. The fourth-order valence-corrected chi connectivity index (χ4v) is 6.78. The summed E-state index contributed by atoms with van der Waals surface area (Å²) >= 11 is 6.75. The summed E-state index contributed by atoms with van der Waals surface area (Å²) in [6, 6.07) is 6.63. The summed E-state index contributed by atoms with van der Waals surface area (Å²) < 4.78 is 9.80. The standard InChI is InChI=1S/C25H28ClN7O/c1-24(16-34-15-19(24)11-27)31-4-2-30(3-5-31)23-7-22-18(6-21(23)26)12-29-33(22)20-13-28-32(14-20)25-8-17(9-25)10-25/h6-7,12-14,17,19H,2-5,8-10,15-16H2,1H3/t17?,19-,24+,25?/m1/s1. The predicted molar refractivity (Wildman–Crippen MR) is 129 cm³/mol. The Kier molecular flexibility index (Phi) is 4.39. The molecule has 176 valence electrons. The molecule has 0 unspecified atom stereocenters. The molecular weight excluding hydrogens is 450 g/mol. The molecule has 3 aliphatic carbocycles. The van der Waals surface area contributed by atoms with Crippen molar-refractivity contribution in [3.63, 3.8) is 0 Å². The predicted octanol–water partition coefficient (Wildman–Crippen LogP) is 3.44. The number of nitriles is 1. The molecule has 8 rings (SSSR count). The van der Waals surface area contributed by atoms with Gasteiger partial charge in [0, 0.05) is 31.6 Å². The third-order valence-corrected chi connectivity index (χ3v) is 9.17.